The van der Waals surface area contributed by atoms with Crippen molar-refractivity contribution < 1.29 is 0 Å². The van der Waals surface area contributed by atoms with Crippen molar-refractivity contribution in [3.63, 3.8) is 0 Å². The van der Waals surface area contributed by atoms with Gasteiger partial charge in [-0.15, -0.1) is 0 Å². The molecule has 0 aromatic heterocycles. The Hall–Kier alpha value is 0.830. The zero-order valence-corrected chi connectivity index (χ0v) is 13.9. The lowest BCUT2D eigenvalue weighted by molar-refractivity contribution is 0.320. The van der Waals surface area contributed by atoms with Crippen molar-refractivity contribution in [1.29, 1.82) is 0 Å². The van der Waals surface area contributed by atoms with Crippen molar-refractivity contribution in [2.24, 2.45) is 11.3 Å². The number of halogens is 1. The lowest BCUT2D eigenvalue weighted by Crippen LogP contribution is -2.26. The van der Waals surface area contributed by atoms with Gasteiger partial charge in [-0.05, 0) is 35.7 Å². The van der Waals surface area contributed by atoms with Gasteiger partial charge in [0, 0.05) is 5.33 Å². The van der Waals surface area contributed by atoms with Crippen molar-refractivity contribution in [2.45, 2.75) is 59.8 Å². The van der Waals surface area contributed by atoms with Crippen LogP contribution in [0.3, 0.4) is 0 Å². The van der Waals surface area contributed by atoms with E-state index in [1.807, 2.05) is 0 Å². The minimum absolute atomic E-state index is 0.557. The summed E-state index contributed by atoms with van der Waals surface area (Å²) in [6.45, 7) is 9.28. The van der Waals surface area contributed by atoms with Gasteiger partial charge in [-0.25, -0.2) is 0 Å². The van der Waals surface area contributed by atoms with E-state index < -0.39 is 0 Å². The summed E-state index contributed by atoms with van der Waals surface area (Å²) in [5.74, 6) is 3.55. The molecule has 0 aliphatic heterocycles. The Morgan fingerprint density at radius 1 is 1.12 bits per heavy atom. The molecule has 0 saturated carbocycles. The fraction of sp³-hybridized carbons (Fsp3) is 1.00. The second-order valence-electron chi connectivity index (χ2n) is 5.16. The van der Waals surface area contributed by atoms with E-state index in [9.17, 15) is 0 Å². The van der Waals surface area contributed by atoms with E-state index in [0.717, 1.165) is 5.92 Å². The Morgan fingerprint density at radius 3 is 2.06 bits per heavy atom. The van der Waals surface area contributed by atoms with Gasteiger partial charge in [0.2, 0.25) is 0 Å². The Labute approximate surface area is 115 Å². The molecule has 0 rings (SSSR count). The van der Waals surface area contributed by atoms with Gasteiger partial charge in [0.25, 0.3) is 0 Å². The summed E-state index contributed by atoms with van der Waals surface area (Å²) in [5.41, 5.74) is 0.557. The SMILES string of the molecule is CCCC(CBr)(CCC)CSCC(C)CC. The second-order valence-corrected chi connectivity index (χ2v) is 6.75. The fourth-order valence-corrected chi connectivity index (χ4v) is 4.70. The molecule has 0 aromatic carbocycles. The molecule has 0 spiro atoms. The molecule has 0 saturated heterocycles. The largest absolute Gasteiger partial charge is 0.161 e. The van der Waals surface area contributed by atoms with Crippen molar-refractivity contribution in [2.75, 3.05) is 16.8 Å². The molecule has 0 nitrogen and oxygen atoms in total. The first-order valence-electron chi connectivity index (χ1n) is 6.77. The number of hydrogen-bond donors (Lipinski definition) is 0. The Kier molecular flexibility index (Phi) is 10.3. The van der Waals surface area contributed by atoms with Gasteiger partial charge >= 0.3 is 0 Å². The van der Waals surface area contributed by atoms with E-state index in [4.69, 9.17) is 0 Å². The van der Waals surface area contributed by atoms with Crippen LogP contribution < -0.4 is 0 Å². The zero-order valence-electron chi connectivity index (χ0n) is 11.5. The highest BCUT2D eigenvalue weighted by Gasteiger charge is 2.26. The number of rotatable bonds is 10. The van der Waals surface area contributed by atoms with E-state index >= 15 is 0 Å². The average Bonchev–Trinajstić information content (AvgIpc) is 2.29. The van der Waals surface area contributed by atoms with E-state index in [1.165, 1.54) is 48.9 Å². The molecule has 0 heterocycles. The highest BCUT2D eigenvalue weighted by atomic mass is 79.9. The molecule has 0 aliphatic rings. The molecule has 0 radical (unpaired) electrons. The monoisotopic (exact) mass is 308 g/mol. The first-order chi connectivity index (χ1) is 7.64. The summed E-state index contributed by atoms with van der Waals surface area (Å²) in [6.07, 6.45) is 6.69. The molecule has 98 valence electrons. The smallest absolute Gasteiger partial charge is 0.00958 e. The van der Waals surface area contributed by atoms with Crippen LogP contribution in [0.15, 0.2) is 0 Å². The standard InChI is InChI=1S/C14H29BrS/c1-5-8-14(11-15,9-6-2)12-16-10-13(4)7-3/h13H,5-12H2,1-4H3. The van der Waals surface area contributed by atoms with Crippen LogP contribution in [-0.4, -0.2) is 16.8 Å². The molecule has 16 heavy (non-hydrogen) atoms. The molecule has 0 aliphatic carbocycles. The van der Waals surface area contributed by atoms with Crippen LogP contribution in [0.4, 0.5) is 0 Å². The van der Waals surface area contributed by atoms with E-state index in [1.54, 1.807) is 0 Å². The summed E-state index contributed by atoms with van der Waals surface area (Å²) < 4.78 is 0. The summed E-state index contributed by atoms with van der Waals surface area (Å²) in [7, 11) is 0. The first-order valence-corrected chi connectivity index (χ1v) is 9.05. The highest BCUT2D eigenvalue weighted by Crippen LogP contribution is 2.36. The molecular formula is C14H29BrS. The minimum atomic E-state index is 0.557. The van der Waals surface area contributed by atoms with Crippen LogP contribution in [0.25, 0.3) is 0 Å². The molecule has 0 fully saturated rings. The fourth-order valence-electron chi connectivity index (χ4n) is 2.10. The van der Waals surface area contributed by atoms with Gasteiger partial charge in [-0.1, -0.05) is 62.9 Å². The average molecular weight is 309 g/mol. The van der Waals surface area contributed by atoms with Crippen LogP contribution >= 0.6 is 27.7 Å². The van der Waals surface area contributed by atoms with Crippen molar-refractivity contribution in [3.8, 4) is 0 Å². The molecule has 1 atom stereocenters. The summed E-state index contributed by atoms with van der Waals surface area (Å²) in [6, 6.07) is 0. The maximum Gasteiger partial charge on any atom is 0.00958 e. The van der Waals surface area contributed by atoms with Crippen LogP contribution in [0, 0.1) is 11.3 Å². The van der Waals surface area contributed by atoms with Crippen LogP contribution in [-0.2, 0) is 0 Å². The van der Waals surface area contributed by atoms with Crippen LogP contribution in [0.1, 0.15) is 59.8 Å². The summed E-state index contributed by atoms with van der Waals surface area (Å²) in [5, 5.41) is 1.18. The van der Waals surface area contributed by atoms with Gasteiger partial charge < -0.3 is 0 Å². The third-order valence-corrected chi connectivity index (χ3v) is 6.16. The lowest BCUT2D eigenvalue weighted by atomic mass is 9.83. The molecule has 0 N–H and O–H groups in total. The zero-order chi connectivity index (χ0) is 12.4. The van der Waals surface area contributed by atoms with E-state index in [2.05, 4.69) is 55.4 Å². The summed E-state index contributed by atoms with van der Waals surface area (Å²) in [4.78, 5) is 0. The van der Waals surface area contributed by atoms with Crippen molar-refractivity contribution in [3.05, 3.63) is 0 Å². The molecule has 1 unspecified atom stereocenters. The van der Waals surface area contributed by atoms with Gasteiger partial charge in [0.1, 0.15) is 0 Å². The number of alkyl halides is 1. The number of thioether (sulfide) groups is 1. The minimum Gasteiger partial charge on any atom is -0.161 e. The molecular weight excluding hydrogens is 280 g/mol. The predicted molar refractivity (Wildman–Crippen MR) is 82.8 cm³/mol. The van der Waals surface area contributed by atoms with E-state index in [-0.39, 0.29) is 0 Å². The van der Waals surface area contributed by atoms with Crippen LogP contribution in [0.2, 0.25) is 0 Å². The molecule has 2 heteroatoms. The van der Waals surface area contributed by atoms with Gasteiger partial charge in [0.05, 0.1) is 0 Å². The quantitative estimate of drug-likeness (QED) is 0.463. The maximum atomic E-state index is 3.75. The third-order valence-electron chi connectivity index (χ3n) is 3.35. The van der Waals surface area contributed by atoms with Gasteiger partial charge in [0.15, 0.2) is 0 Å². The normalized spacial score (nSPS) is 14.1. The first kappa shape index (κ1) is 16.8. The second kappa shape index (κ2) is 9.82. The van der Waals surface area contributed by atoms with Crippen LogP contribution in [0.5, 0.6) is 0 Å². The molecule has 0 amide bonds. The van der Waals surface area contributed by atoms with Crippen molar-refractivity contribution in [1.82, 2.24) is 0 Å². The Balaban J connectivity index is 4.08. The Bertz CT molecular complexity index is 153. The topological polar surface area (TPSA) is 0 Å². The summed E-state index contributed by atoms with van der Waals surface area (Å²) >= 11 is 5.91. The molecule has 0 bridgehead atoms. The van der Waals surface area contributed by atoms with Gasteiger partial charge in [-0.2, -0.15) is 11.8 Å². The third kappa shape index (κ3) is 6.54. The van der Waals surface area contributed by atoms with Crippen molar-refractivity contribution >= 4 is 27.7 Å². The predicted octanol–water partition coefficient (Wildman–Crippen LogP) is 5.75. The van der Waals surface area contributed by atoms with Gasteiger partial charge in [-0.3, -0.25) is 0 Å². The molecule has 0 aromatic rings. The highest BCUT2D eigenvalue weighted by molar-refractivity contribution is 9.09. The Morgan fingerprint density at radius 2 is 1.69 bits per heavy atom. The van der Waals surface area contributed by atoms with E-state index in [0.29, 0.717) is 5.41 Å². The maximum absolute atomic E-state index is 3.75. The number of hydrogen-bond acceptors (Lipinski definition) is 1. The lowest BCUT2D eigenvalue weighted by Gasteiger charge is -2.31.